The standard InChI is InChI=1S/C18H15Br2N3O3/c1-25-16-8-13(10-22-23-18(24)6-7-21)15(20)9-17(16)26-11-12-2-4-14(19)5-3-12/h2-5,8-10H,6,11H2,1H3,(H,23,24)/b22-10-. The average molecular weight is 481 g/mol. The van der Waals surface area contributed by atoms with Crippen molar-refractivity contribution in [3.63, 3.8) is 0 Å². The molecule has 0 radical (unpaired) electrons. The van der Waals surface area contributed by atoms with E-state index in [-0.39, 0.29) is 6.42 Å². The molecule has 1 N–H and O–H groups in total. The van der Waals surface area contributed by atoms with E-state index in [4.69, 9.17) is 14.7 Å². The van der Waals surface area contributed by atoms with E-state index in [0.29, 0.717) is 23.7 Å². The van der Waals surface area contributed by atoms with Crippen molar-refractivity contribution in [3.05, 3.63) is 56.5 Å². The number of carbonyl (C=O) groups is 1. The quantitative estimate of drug-likeness (QED) is 0.476. The molecular formula is C18H15Br2N3O3. The first-order valence-electron chi connectivity index (χ1n) is 7.47. The first-order valence-corrected chi connectivity index (χ1v) is 9.05. The topological polar surface area (TPSA) is 83.7 Å². The van der Waals surface area contributed by atoms with Crippen LogP contribution in [0.25, 0.3) is 0 Å². The van der Waals surface area contributed by atoms with E-state index >= 15 is 0 Å². The molecule has 0 heterocycles. The summed E-state index contributed by atoms with van der Waals surface area (Å²) in [5, 5.41) is 12.3. The highest BCUT2D eigenvalue weighted by Crippen LogP contribution is 2.33. The van der Waals surface area contributed by atoms with Crippen molar-refractivity contribution in [2.45, 2.75) is 13.0 Å². The molecule has 8 heteroatoms. The molecule has 2 rings (SSSR count). The number of hydrogen-bond donors (Lipinski definition) is 1. The van der Waals surface area contributed by atoms with Gasteiger partial charge in [-0.2, -0.15) is 10.4 Å². The van der Waals surface area contributed by atoms with E-state index in [1.54, 1.807) is 25.3 Å². The molecule has 134 valence electrons. The largest absolute Gasteiger partial charge is 0.493 e. The number of halogens is 2. The van der Waals surface area contributed by atoms with Crippen molar-refractivity contribution < 1.29 is 14.3 Å². The zero-order chi connectivity index (χ0) is 18.9. The highest BCUT2D eigenvalue weighted by molar-refractivity contribution is 9.10. The zero-order valence-electron chi connectivity index (χ0n) is 13.8. The van der Waals surface area contributed by atoms with Gasteiger partial charge < -0.3 is 9.47 Å². The van der Waals surface area contributed by atoms with Crippen molar-refractivity contribution in [2.24, 2.45) is 5.10 Å². The van der Waals surface area contributed by atoms with Crippen molar-refractivity contribution in [2.75, 3.05) is 7.11 Å². The monoisotopic (exact) mass is 479 g/mol. The van der Waals surface area contributed by atoms with Crippen LogP contribution in [0.2, 0.25) is 0 Å². The van der Waals surface area contributed by atoms with Gasteiger partial charge in [-0.15, -0.1) is 0 Å². The molecule has 6 nitrogen and oxygen atoms in total. The zero-order valence-corrected chi connectivity index (χ0v) is 17.0. The van der Waals surface area contributed by atoms with Gasteiger partial charge in [0.2, 0.25) is 0 Å². The second-order valence-corrected chi connectivity index (χ2v) is 6.84. The maximum Gasteiger partial charge on any atom is 0.254 e. The van der Waals surface area contributed by atoms with Crippen LogP contribution in [0, 0.1) is 11.3 Å². The number of nitrogens with one attached hydrogen (secondary N) is 1. The molecule has 0 aliphatic rings. The first-order chi connectivity index (χ1) is 12.5. The summed E-state index contributed by atoms with van der Waals surface area (Å²) in [6.07, 6.45) is 1.21. The summed E-state index contributed by atoms with van der Waals surface area (Å²) in [5.41, 5.74) is 3.99. The lowest BCUT2D eigenvalue weighted by Crippen LogP contribution is -2.16. The van der Waals surface area contributed by atoms with E-state index in [1.165, 1.54) is 6.21 Å². The molecule has 1 amide bonds. The molecule has 0 aromatic heterocycles. The lowest BCUT2D eigenvalue weighted by atomic mass is 10.2. The summed E-state index contributed by atoms with van der Waals surface area (Å²) in [4.78, 5) is 11.2. The maximum atomic E-state index is 11.2. The Bertz CT molecular complexity index is 846. The van der Waals surface area contributed by atoms with Crippen LogP contribution in [0.1, 0.15) is 17.5 Å². The fourth-order valence-corrected chi connectivity index (χ4v) is 2.64. The number of nitriles is 1. The summed E-state index contributed by atoms with van der Waals surface area (Å²) in [6.45, 7) is 0.397. The van der Waals surface area contributed by atoms with E-state index < -0.39 is 5.91 Å². The van der Waals surface area contributed by atoms with Gasteiger partial charge in [0.25, 0.3) is 5.91 Å². The van der Waals surface area contributed by atoms with Gasteiger partial charge in [-0.1, -0.05) is 28.1 Å². The van der Waals surface area contributed by atoms with Gasteiger partial charge in [-0.3, -0.25) is 4.79 Å². The van der Waals surface area contributed by atoms with E-state index in [1.807, 2.05) is 24.3 Å². The fourth-order valence-electron chi connectivity index (χ4n) is 1.95. The molecule has 26 heavy (non-hydrogen) atoms. The molecule has 0 aliphatic carbocycles. The number of rotatable bonds is 7. The number of carbonyl (C=O) groups excluding carboxylic acids is 1. The van der Waals surface area contributed by atoms with Crippen LogP contribution in [-0.4, -0.2) is 19.2 Å². The molecule has 0 atom stereocenters. The number of amides is 1. The summed E-state index contributed by atoms with van der Waals surface area (Å²) in [6, 6.07) is 13.1. The minimum absolute atomic E-state index is 0.245. The Balaban J connectivity index is 2.10. The van der Waals surface area contributed by atoms with Crippen molar-refractivity contribution in [3.8, 4) is 17.6 Å². The van der Waals surface area contributed by atoms with Gasteiger partial charge in [-0.25, -0.2) is 5.43 Å². The SMILES string of the molecule is COc1cc(/C=N\NC(=O)CC#N)c(Br)cc1OCc1ccc(Br)cc1. The molecule has 0 unspecified atom stereocenters. The van der Waals surface area contributed by atoms with Gasteiger partial charge in [0.15, 0.2) is 11.5 Å². The number of ether oxygens (including phenoxy) is 2. The van der Waals surface area contributed by atoms with Crippen LogP contribution in [0.15, 0.2) is 50.4 Å². The van der Waals surface area contributed by atoms with E-state index in [9.17, 15) is 4.79 Å². The van der Waals surface area contributed by atoms with Crippen molar-refractivity contribution >= 4 is 44.0 Å². The number of benzene rings is 2. The number of nitrogens with zero attached hydrogens (tertiary/aromatic N) is 2. The highest BCUT2D eigenvalue weighted by Gasteiger charge is 2.10. The van der Waals surface area contributed by atoms with Crippen molar-refractivity contribution in [1.82, 2.24) is 5.43 Å². The third-order valence-corrected chi connectivity index (χ3v) is 4.44. The van der Waals surface area contributed by atoms with E-state index in [2.05, 4.69) is 42.4 Å². The van der Waals surface area contributed by atoms with Crippen LogP contribution < -0.4 is 14.9 Å². The Kier molecular flexibility index (Phi) is 7.63. The average Bonchev–Trinajstić information content (AvgIpc) is 2.63. The van der Waals surface area contributed by atoms with Gasteiger partial charge in [-0.05, 0) is 45.8 Å². The summed E-state index contributed by atoms with van der Waals surface area (Å²) >= 11 is 6.84. The van der Waals surface area contributed by atoms with Crippen LogP contribution in [0.4, 0.5) is 0 Å². The Morgan fingerprint density at radius 3 is 2.65 bits per heavy atom. The molecule has 0 spiro atoms. The first kappa shape index (κ1) is 19.9. The third-order valence-electron chi connectivity index (χ3n) is 3.22. The predicted octanol–water partition coefficient (Wildman–Crippen LogP) is 4.16. The Labute approximate surface area is 168 Å². The second kappa shape index (κ2) is 9.94. The molecule has 0 bridgehead atoms. The Hall–Kier alpha value is -2.37. The Morgan fingerprint density at radius 1 is 1.27 bits per heavy atom. The third kappa shape index (κ3) is 5.86. The van der Waals surface area contributed by atoms with Gasteiger partial charge in [0, 0.05) is 14.5 Å². The number of hydrogen-bond acceptors (Lipinski definition) is 5. The number of methoxy groups -OCH3 is 1. The van der Waals surface area contributed by atoms with Crippen LogP contribution in [-0.2, 0) is 11.4 Å². The number of hydrazone groups is 1. The summed E-state index contributed by atoms with van der Waals surface area (Å²) < 4.78 is 12.9. The van der Waals surface area contributed by atoms with Gasteiger partial charge >= 0.3 is 0 Å². The minimum atomic E-state index is -0.471. The molecule has 2 aromatic rings. The van der Waals surface area contributed by atoms with E-state index in [0.717, 1.165) is 14.5 Å². The molecule has 2 aromatic carbocycles. The molecule has 0 saturated carbocycles. The fraction of sp³-hybridized carbons (Fsp3) is 0.167. The normalized spacial score (nSPS) is 10.4. The molecule has 0 aliphatic heterocycles. The Morgan fingerprint density at radius 2 is 2.00 bits per heavy atom. The molecule has 0 saturated heterocycles. The highest BCUT2D eigenvalue weighted by atomic mass is 79.9. The van der Waals surface area contributed by atoms with Crippen LogP contribution in [0.3, 0.4) is 0 Å². The van der Waals surface area contributed by atoms with Crippen molar-refractivity contribution in [1.29, 1.82) is 5.26 Å². The van der Waals surface area contributed by atoms with Crippen LogP contribution in [0.5, 0.6) is 11.5 Å². The predicted molar refractivity (Wildman–Crippen MR) is 105 cm³/mol. The lowest BCUT2D eigenvalue weighted by molar-refractivity contribution is -0.120. The summed E-state index contributed by atoms with van der Waals surface area (Å²) in [5.74, 6) is 0.643. The molecule has 0 fully saturated rings. The lowest BCUT2D eigenvalue weighted by Gasteiger charge is -2.13. The molecular weight excluding hydrogens is 466 g/mol. The second-order valence-electron chi connectivity index (χ2n) is 5.07. The minimum Gasteiger partial charge on any atom is -0.493 e. The van der Waals surface area contributed by atoms with Gasteiger partial charge in [0.05, 0.1) is 19.4 Å². The smallest absolute Gasteiger partial charge is 0.254 e. The summed E-state index contributed by atoms with van der Waals surface area (Å²) in [7, 11) is 1.55. The van der Waals surface area contributed by atoms with Crippen LogP contribution >= 0.6 is 31.9 Å². The maximum absolute atomic E-state index is 11.2. The van der Waals surface area contributed by atoms with Gasteiger partial charge in [0.1, 0.15) is 13.0 Å².